The number of thioether (sulfide) groups is 1. The predicted octanol–water partition coefficient (Wildman–Crippen LogP) is 3.99. The second-order valence-corrected chi connectivity index (χ2v) is 7.24. The molecule has 0 saturated carbocycles. The summed E-state index contributed by atoms with van der Waals surface area (Å²) in [5, 5.41) is 3.37. The van der Waals surface area contributed by atoms with Crippen LogP contribution in [0.15, 0.2) is 59.5 Å². The van der Waals surface area contributed by atoms with Gasteiger partial charge in [-0.1, -0.05) is 48.0 Å². The van der Waals surface area contributed by atoms with Crippen molar-refractivity contribution in [2.75, 3.05) is 12.3 Å². The largest absolute Gasteiger partial charge is 0.355 e. The fourth-order valence-corrected chi connectivity index (χ4v) is 3.46. The summed E-state index contributed by atoms with van der Waals surface area (Å²) in [6.07, 6.45) is 0. The van der Waals surface area contributed by atoms with Gasteiger partial charge < -0.3 is 10.2 Å². The zero-order valence-corrected chi connectivity index (χ0v) is 16.5. The Hall–Kier alpha value is -1.98. The molecule has 0 fully saturated rings. The number of hydrogen-bond donors (Lipinski definition) is 1. The molecular formula is C20H23ClN2O2S. The zero-order valence-electron chi connectivity index (χ0n) is 14.9. The van der Waals surface area contributed by atoms with Crippen LogP contribution in [0.1, 0.15) is 19.4 Å². The maximum Gasteiger partial charge on any atom is 0.242 e. The molecule has 0 radical (unpaired) electrons. The minimum Gasteiger partial charge on any atom is -0.355 e. The van der Waals surface area contributed by atoms with E-state index in [1.165, 1.54) is 11.8 Å². The quantitative estimate of drug-likeness (QED) is 0.693. The molecule has 2 amide bonds. The van der Waals surface area contributed by atoms with Gasteiger partial charge in [0.15, 0.2) is 0 Å². The number of rotatable bonds is 8. The third kappa shape index (κ3) is 5.78. The monoisotopic (exact) mass is 390 g/mol. The summed E-state index contributed by atoms with van der Waals surface area (Å²) in [4.78, 5) is 27.8. The summed E-state index contributed by atoms with van der Waals surface area (Å²) in [7, 11) is 0. The summed E-state index contributed by atoms with van der Waals surface area (Å²) in [5.74, 6) is -0.00627. The highest BCUT2D eigenvalue weighted by molar-refractivity contribution is 8.00. The van der Waals surface area contributed by atoms with Crippen molar-refractivity contribution in [1.29, 1.82) is 0 Å². The van der Waals surface area contributed by atoms with Gasteiger partial charge in [-0.2, -0.15) is 0 Å². The average molecular weight is 391 g/mol. The maximum absolute atomic E-state index is 12.9. The van der Waals surface area contributed by atoms with Crippen LogP contribution in [0, 0.1) is 0 Å². The minimum atomic E-state index is -0.574. The number of halogens is 1. The zero-order chi connectivity index (χ0) is 18.9. The van der Waals surface area contributed by atoms with Crippen molar-refractivity contribution in [3.63, 3.8) is 0 Å². The Balaban J connectivity index is 2.14. The molecule has 0 aromatic heterocycles. The molecule has 0 bridgehead atoms. The molecule has 1 atom stereocenters. The van der Waals surface area contributed by atoms with Crippen LogP contribution in [0.5, 0.6) is 0 Å². The molecule has 0 aliphatic heterocycles. The average Bonchev–Trinajstić information content (AvgIpc) is 2.66. The van der Waals surface area contributed by atoms with E-state index >= 15 is 0 Å². The molecule has 0 spiro atoms. The first-order valence-corrected chi connectivity index (χ1v) is 9.87. The van der Waals surface area contributed by atoms with Gasteiger partial charge in [0, 0.05) is 23.0 Å². The SMILES string of the molecule is CCNC(=O)[C@H](C)N(Cc1ccccc1Cl)C(=O)CSc1ccccc1. The number of amides is 2. The lowest BCUT2D eigenvalue weighted by Crippen LogP contribution is -2.48. The Morgan fingerprint density at radius 3 is 2.42 bits per heavy atom. The number of hydrogen-bond acceptors (Lipinski definition) is 3. The smallest absolute Gasteiger partial charge is 0.242 e. The Bertz CT molecular complexity index is 740. The van der Waals surface area contributed by atoms with Crippen molar-refractivity contribution in [3.05, 3.63) is 65.2 Å². The van der Waals surface area contributed by atoms with Crippen molar-refractivity contribution in [3.8, 4) is 0 Å². The maximum atomic E-state index is 12.9. The van der Waals surface area contributed by atoms with Gasteiger partial charge in [-0.05, 0) is 37.6 Å². The Kier molecular flexibility index (Phi) is 8.01. The topological polar surface area (TPSA) is 49.4 Å². The van der Waals surface area contributed by atoms with Crippen LogP contribution in [0.3, 0.4) is 0 Å². The molecule has 4 nitrogen and oxygen atoms in total. The number of carbonyl (C=O) groups is 2. The predicted molar refractivity (Wildman–Crippen MR) is 107 cm³/mol. The second-order valence-electron chi connectivity index (χ2n) is 5.79. The fourth-order valence-electron chi connectivity index (χ4n) is 2.46. The molecule has 0 aliphatic carbocycles. The highest BCUT2D eigenvalue weighted by Crippen LogP contribution is 2.21. The van der Waals surface area contributed by atoms with Crippen LogP contribution < -0.4 is 5.32 Å². The first-order chi connectivity index (χ1) is 12.5. The van der Waals surface area contributed by atoms with Crippen LogP contribution >= 0.6 is 23.4 Å². The first kappa shape index (κ1) is 20.3. The Morgan fingerprint density at radius 1 is 1.12 bits per heavy atom. The highest BCUT2D eigenvalue weighted by Gasteiger charge is 2.26. The summed E-state index contributed by atoms with van der Waals surface area (Å²) in [6, 6.07) is 16.5. The molecule has 0 unspecified atom stereocenters. The van der Waals surface area contributed by atoms with Gasteiger partial charge in [-0.3, -0.25) is 9.59 Å². The van der Waals surface area contributed by atoms with Gasteiger partial charge in [-0.25, -0.2) is 0 Å². The van der Waals surface area contributed by atoms with Crippen molar-refractivity contribution < 1.29 is 9.59 Å². The third-order valence-corrected chi connectivity index (χ3v) is 5.29. The van der Waals surface area contributed by atoms with Gasteiger partial charge in [0.1, 0.15) is 6.04 Å². The normalized spacial score (nSPS) is 11.7. The van der Waals surface area contributed by atoms with Gasteiger partial charge in [0.05, 0.1) is 5.75 Å². The summed E-state index contributed by atoms with van der Waals surface area (Å²) in [6.45, 7) is 4.42. The fraction of sp³-hybridized carbons (Fsp3) is 0.300. The molecule has 0 heterocycles. The molecule has 138 valence electrons. The Labute approximate surface area is 163 Å². The van der Waals surface area contributed by atoms with Crippen LogP contribution in [0.25, 0.3) is 0 Å². The van der Waals surface area contributed by atoms with Crippen LogP contribution in [-0.2, 0) is 16.1 Å². The molecule has 26 heavy (non-hydrogen) atoms. The number of benzene rings is 2. The minimum absolute atomic E-state index is 0.0995. The molecule has 0 saturated heterocycles. The molecule has 2 aromatic rings. The van der Waals surface area contributed by atoms with E-state index in [0.717, 1.165) is 10.5 Å². The van der Waals surface area contributed by atoms with Crippen molar-refractivity contribution in [1.82, 2.24) is 10.2 Å². The van der Waals surface area contributed by atoms with E-state index < -0.39 is 6.04 Å². The van der Waals surface area contributed by atoms with E-state index in [1.807, 2.05) is 55.5 Å². The molecule has 2 rings (SSSR count). The molecule has 6 heteroatoms. The molecular weight excluding hydrogens is 368 g/mol. The standard InChI is InChI=1S/C20H23ClN2O2S/c1-3-22-20(25)15(2)23(13-16-9-7-8-12-18(16)21)19(24)14-26-17-10-5-4-6-11-17/h4-12,15H,3,13-14H2,1-2H3,(H,22,25)/t15-/m0/s1. The molecule has 2 aromatic carbocycles. The van der Waals surface area contributed by atoms with Gasteiger partial charge in [-0.15, -0.1) is 11.8 Å². The van der Waals surface area contributed by atoms with E-state index in [0.29, 0.717) is 18.1 Å². The lowest BCUT2D eigenvalue weighted by molar-refractivity contribution is -0.138. The van der Waals surface area contributed by atoms with Crippen molar-refractivity contribution in [2.24, 2.45) is 0 Å². The molecule has 1 N–H and O–H groups in total. The van der Waals surface area contributed by atoms with Crippen LogP contribution in [0.2, 0.25) is 5.02 Å². The summed E-state index contributed by atoms with van der Waals surface area (Å²) < 4.78 is 0. The summed E-state index contributed by atoms with van der Waals surface area (Å²) >= 11 is 7.71. The lowest BCUT2D eigenvalue weighted by Gasteiger charge is -2.29. The number of carbonyl (C=O) groups excluding carboxylic acids is 2. The third-order valence-electron chi connectivity index (χ3n) is 3.92. The number of nitrogens with one attached hydrogen (secondary N) is 1. The van der Waals surface area contributed by atoms with E-state index in [4.69, 9.17) is 11.6 Å². The highest BCUT2D eigenvalue weighted by atomic mass is 35.5. The Morgan fingerprint density at radius 2 is 1.77 bits per heavy atom. The number of likely N-dealkylation sites (N-methyl/N-ethyl adjacent to an activating group) is 1. The van der Waals surface area contributed by atoms with E-state index in [9.17, 15) is 9.59 Å². The van der Waals surface area contributed by atoms with Crippen LogP contribution in [0.4, 0.5) is 0 Å². The molecule has 0 aliphatic rings. The second kappa shape index (κ2) is 10.2. The van der Waals surface area contributed by atoms with Gasteiger partial charge in [0.2, 0.25) is 11.8 Å². The van der Waals surface area contributed by atoms with Crippen molar-refractivity contribution >= 4 is 35.2 Å². The lowest BCUT2D eigenvalue weighted by atomic mass is 10.1. The number of nitrogens with zero attached hydrogens (tertiary/aromatic N) is 1. The van der Waals surface area contributed by atoms with Gasteiger partial charge in [0.25, 0.3) is 0 Å². The first-order valence-electron chi connectivity index (χ1n) is 8.51. The van der Waals surface area contributed by atoms with Crippen LogP contribution in [-0.4, -0.2) is 35.1 Å². The van der Waals surface area contributed by atoms with E-state index in [1.54, 1.807) is 17.9 Å². The summed E-state index contributed by atoms with van der Waals surface area (Å²) in [5.41, 5.74) is 0.823. The van der Waals surface area contributed by atoms with E-state index in [-0.39, 0.29) is 17.6 Å². The van der Waals surface area contributed by atoms with Gasteiger partial charge >= 0.3 is 0 Å². The van der Waals surface area contributed by atoms with Crippen molar-refractivity contribution in [2.45, 2.75) is 31.3 Å². The van der Waals surface area contributed by atoms with E-state index in [2.05, 4.69) is 5.32 Å².